The van der Waals surface area contributed by atoms with Crippen molar-refractivity contribution in [1.29, 1.82) is 0 Å². The smallest absolute Gasteiger partial charge is 0.262 e. The Morgan fingerprint density at radius 1 is 1.06 bits per heavy atom. The Bertz CT molecular complexity index is 1090. The van der Waals surface area contributed by atoms with Gasteiger partial charge in [-0.25, -0.2) is 8.42 Å². The van der Waals surface area contributed by atoms with E-state index >= 15 is 0 Å². The topological polar surface area (TPSA) is 95.6 Å². The summed E-state index contributed by atoms with van der Waals surface area (Å²) in [5, 5.41) is 2.64. The molecule has 166 valence electrons. The fourth-order valence-electron chi connectivity index (χ4n) is 4.27. The Morgan fingerprint density at radius 3 is 2.39 bits per heavy atom. The highest BCUT2D eigenvalue weighted by molar-refractivity contribution is 7.92. The van der Waals surface area contributed by atoms with E-state index in [9.17, 15) is 18.0 Å². The van der Waals surface area contributed by atoms with Crippen molar-refractivity contribution in [1.82, 2.24) is 10.2 Å². The molecule has 0 aliphatic carbocycles. The molecular weight excluding hydrogens is 414 g/mol. The molecule has 2 N–H and O–H groups in total. The van der Waals surface area contributed by atoms with Crippen LogP contribution in [-0.2, 0) is 14.8 Å². The molecule has 3 rings (SSSR count). The van der Waals surface area contributed by atoms with Gasteiger partial charge >= 0.3 is 0 Å². The van der Waals surface area contributed by atoms with Crippen LogP contribution in [0.25, 0.3) is 0 Å². The molecule has 0 radical (unpaired) electrons. The third-order valence-electron chi connectivity index (χ3n) is 5.56. The first-order valence-electron chi connectivity index (χ1n) is 10.3. The third kappa shape index (κ3) is 5.07. The van der Waals surface area contributed by atoms with E-state index in [1.807, 2.05) is 19.1 Å². The summed E-state index contributed by atoms with van der Waals surface area (Å²) in [5.74, 6) is -0.503. The molecule has 1 aliphatic heterocycles. The van der Waals surface area contributed by atoms with Crippen LogP contribution in [0.3, 0.4) is 0 Å². The van der Waals surface area contributed by atoms with Crippen LogP contribution in [0.15, 0.2) is 41.3 Å². The van der Waals surface area contributed by atoms with Gasteiger partial charge in [0.05, 0.1) is 10.8 Å². The van der Waals surface area contributed by atoms with Gasteiger partial charge in [0.2, 0.25) is 5.91 Å². The summed E-state index contributed by atoms with van der Waals surface area (Å²) >= 11 is 0. The second kappa shape index (κ2) is 9.09. The summed E-state index contributed by atoms with van der Waals surface area (Å²) < 4.78 is 28.7. The number of aryl methyl sites for hydroxylation is 3. The quantitative estimate of drug-likeness (QED) is 0.743. The summed E-state index contributed by atoms with van der Waals surface area (Å²) in [7, 11) is -2.22. The molecule has 1 aliphatic rings. The Hall–Kier alpha value is -2.87. The van der Waals surface area contributed by atoms with Crippen molar-refractivity contribution in [2.24, 2.45) is 5.92 Å². The fourth-order valence-corrected chi connectivity index (χ4v) is 5.78. The van der Waals surface area contributed by atoms with Gasteiger partial charge in [-0.1, -0.05) is 23.8 Å². The first-order valence-corrected chi connectivity index (χ1v) is 11.8. The van der Waals surface area contributed by atoms with Gasteiger partial charge in [-0.05, 0) is 62.9 Å². The maximum absolute atomic E-state index is 13.0. The average Bonchev–Trinajstić information content (AvgIpc) is 2.71. The second-order valence-corrected chi connectivity index (χ2v) is 9.74. The molecular formula is C23H29N3O4S. The minimum absolute atomic E-state index is 0.0668. The maximum atomic E-state index is 13.0. The number of hydrogen-bond donors (Lipinski definition) is 2. The predicted octanol–water partition coefficient (Wildman–Crippen LogP) is 3.01. The Labute approximate surface area is 183 Å². The lowest BCUT2D eigenvalue weighted by atomic mass is 9.96. The molecule has 2 aromatic carbocycles. The lowest BCUT2D eigenvalue weighted by Gasteiger charge is -2.32. The largest absolute Gasteiger partial charge is 0.359 e. The first kappa shape index (κ1) is 22.8. The number of nitrogens with zero attached hydrogens (tertiary/aromatic N) is 1. The van der Waals surface area contributed by atoms with Gasteiger partial charge in [-0.2, -0.15) is 0 Å². The van der Waals surface area contributed by atoms with Crippen molar-refractivity contribution in [2.75, 3.05) is 24.9 Å². The Morgan fingerprint density at radius 2 is 1.74 bits per heavy atom. The molecule has 2 aromatic rings. The predicted molar refractivity (Wildman–Crippen MR) is 121 cm³/mol. The summed E-state index contributed by atoms with van der Waals surface area (Å²) in [6, 6.07) is 10.1. The fraction of sp³-hybridized carbons (Fsp3) is 0.391. The monoisotopic (exact) mass is 443 g/mol. The molecule has 31 heavy (non-hydrogen) atoms. The lowest BCUT2D eigenvalue weighted by molar-refractivity contribution is -0.125. The number of nitrogens with one attached hydrogen (secondary N) is 2. The third-order valence-corrected chi connectivity index (χ3v) is 7.25. The molecule has 0 bridgehead atoms. The van der Waals surface area contributed by atoms with Gasteiger partial charge in [0.1, 0.15) is 0 Å². The minimum Gasteiger partial charge on any atom is -0.359 e. The second-order valence-electron chi connectivity index (χ2n) is 8.12. The van der Waals surface area contributed by atoms with E-state index in [1.165, 1.54) is 0 Å². The SMILES string of the molecule is CNC(=O)C1CCCN(C(=O)c2cccc(NS(=O)(=O)c3c(C)cc(C)cc3C)c2)C1. The molecule has 1 atom stereocenters. The summed E-state index contributed by atoms with van der Waals surface area (Å²) in [6.07, 6.45) is 1.50. The summed E-state index contributed by atoms with van der Waals surface area (Å²) in [6.45, 7) is 6.40. The number of amides is 2. The van der Waals surface area contributed by atoms with E-state index < -0.39 is 10.0 Å². The molecule has 2 amide bonds. The van der Waals surface area contributed by atoms with Crippen LogP contribution in [0.5, 0.6) is 0 Å². The van der Waals surface area contributed by atoms with Crippen LogP contribution in [0.2, 0.25) is 0 Å². The molecule has 8 heteroatoms. The highest BCUT2D eigenvalue weighted by Gasteiger charge is 2.28. The number of carbonyl (C=O) groups excluding carboxylic acids is 2. The van der Waals surface area contributed by atoms with E-state index in [2.05, 4.69) is 10.0 Å². The van der Waals surface area contributed by atoms with Crippen molar-refractivity contribution in [2.45, 2.75) is 38.5 Å². The number of likely N-dealkylation sites (tertiary alicyclic amines) is 1. The standard InChI is InChI=1S/C23H29N3O4S/c1-15-11-16(2)21(17(3)12-15)31(29,30)25-20-9-5-7-18(13-20)23(28)26-10-6-8-19(14-26)22(27)24-4/h5,7,9,11-13,19,25H,6,8,10,14H2,1-4H3,(H,24,27). The van der Waals surface area contributed by atoms with Crippen LogP contribution in [-0.4, -0.2) is 45.3 Å². The van der Waals surface area contributed by atoms with E-state index in [-0.39, 0.29) is 22.6 Å². The van der Waals surface area contributed by atoms with Gasteiger partial charge in [0.25, 0.3) is 15.9 Å². The zero-order chi connectivity index (χ0) is 22.8. The van der Waals surface area contributed by atoms with Crippen molar-refractivity contribution >= 4 is 27.5 Å². The molecule has 1 heterocycles. The maximum Gasteiger partial charge on any atom is 0.262 e. The number of carbonyl (C=O) groups is 2. The lowest BCUT2D eigenvalue weighted by Crippen LogP contribution is -2.44. The normalized spacial score (nSPS) is 16.6. The number of piperidine rings is 1. The zero-order valence-electron chi connectivity index (χ0n) is 18.4. The number of rotatable bonds is 5. The van der Waals surface area contributed by atoms with Gasteiger partial charge in [0, 0.05) is 31.4 Å². The molecule has 0 aromatic heterocycles. The molecule has 0 spiro atoms. The highest BCUT2D eigenvalue weighted by Crippen LogP contribution is 2.25. The number of anilines is 1. The van der Waals surface area contributed by atoms with Gasteiger partial charge in [0.15, 0.2) is 0 Å². The minimum atomic E-state index is -3.81. The van der Waals surface area contributed by atoms with Crippen LogP contribution in [0.4, 0.5) is 5.69 Å². The van der Waals surface area contributed by atoms with E-state index in [4.69, 9.17) is 0 Å². The van der Waals surface area contributed by atoms with Gasteiger partial charge in [-0.15, -0.1) is 0 Å². The number of hydrogen-bond acceptors (Lipinski definition) is 4. The Kier molecular flexibility index (Phi) is 6.69. The summed E-state index contributed by atoms with van der Waals surface area (Å²) in [4.78, 5) is 26.9. The van der Waals surface area contributed by atoms with Crippen LogP contribution in [0, 0.1) is 26.7 Å². The Balaban J connectivity index is 1.82. The molecule has 1 saturated heterocycles. The zero-order valence-corrected chi connectivity index (χ0v) is 19.2. The van der Waals surface area contributed by atoms with Crippen LogP contribution < -0.4 is 10.0 Å². The van der Waals surface area contributed by atoms with Crippen LogP contribution in [0.1, 0.15) is 39.9 Å². The van der Waals surface area contributed by atoms with Gasteiger partial charge < -0.3 is 10.2 Å². The van der Waals surface area contributed by atoms with Crippen LogP contribution >= 0.6 is 0 Å². The van der Waals surface area contributed by atoms with E-state index in [0.717, 1.165) is 18.4 Å². The molecule has 1 unspecified atom stereocenters. The average molecular weight is 444 g/mol. The molecule has 7 nitrogen and oxygen atoms in total. The van der Waals surface area contributed by atoms with Crippen molar-refractivity contribution in [3.63, 3.8) is 0 Å². The summed E-state index contributed by atoms with van der Waals surface area (Å²) in [5.41, 5.74) is 3.05. The van der Waals surface area contributed by atoms with Crippen molar-refractivity contribution in [3.05, 3.63) is 58.7 Å². The number of benzene rings is 2. The molecule has 1 fully saturated rings. The first-order chi connectivity index (χ1) is 14.6. The highest BCUT2D eigenvalue weighted by atomic mass is 32.2. The molecule has 0 saturated carbocycles. The van der Waals surface area contributed by atoms with Gasteiger partial charge in [-0.3, -0.25) is 14.3 Å². The van der Waals surface area contributed by atoms with Crippen molar-refractivity contribution < 1.29 is 18.0 Å². The number of sulfonamides is 1. The van der Waals surface area contributed by atoms with E-state index in [1.54, 1.807) is 50.1 Å². The van der Waals surface area contributed by atoms with Crippen molar-refractivity contribution in [3.8, 4) is 0 Å². The van der Waals surface area contributed by atoms with E-state index in [0.29, 0.717) is 35.5 Å².